The van der Waals surface area contributed by atoms with Crippen molar-refractivity contribution in [3.8, 4) is 17.2 Å². The Morgan fingerprint density at radius 2 is 1.89 bits per heavy atom. The Balaban J connectivity index is 1.60. The lowest BCUT2D eigenvalue weighted by molar-refractivity contribution is -0.346. The van der Waals surface area contributed by atoms with E-state index in [1.807, 2.05) is 0 Å². The van der Waals surface area contributed by atoms with Crippen LogP contribution in [-0.4, -0.2) is 28.2 Å². The smallest absolute Gasteiger partial charge is 0.275 e. The monoisotopic (exact) mass is 364 g/mol. The zero-order valence-electron chi connectivity index (χ0n) is 13.7. The molecule has 2 aliphatic carbocycles. The summed E-state index contributed by atoms with van der Waals surface area (Å²) < 4.78 is 24.6. The van der Waals surface area contributed by atoms with E-state index in [0.717, 1.165) is 0 Å². The Morgan fingerprint density at radius 3 is 2.78 bits per heavy atom. The minimum atomic E-state index is -1.40. The highest BCUT2D eigenvalue weighted by atomic mass is 16.8. The second kappa shape index (κ2) is 4.01. The summed E-state index contributed by atoms with van der Waals surface area (Å²) in [6, 6.07) is 8.37. The zero-order chi connectivity index (χ0) is 18.1. The molecule has 7 nitrogen and oxygen atoms in total. The SMILES string of the molecule is O=C1c2c(O)ccc3c2[C@@]2(Oc4cccc5c4[C@](C=C[C@@H]5O)(O3)O2)[C@@H]2O[C@H]12. The number of Topliss-reactive ketones (excluding diaryl/α,β-unsaturated/α-hetero) is 1. The van der Waals surface area contributed by atoms with Gasteiger partial charge in [-0.3, -0.25) is 9.53 Å². The van der Waals surface area contributed by atoms with Crippen molar-refractivity contribution < 1.29 is 34.0 Å². The third kappa shape index (κ3) is 1.39. The summed E-state index contributed by atoms with van der Waals surface area (Å²) in [7, 11) is 0. The molecule has 3 heterocycles. The minimum Gasteiger partial charge on any atom is -0.507 e. The quantitative estimate of drug-likeness (QED) is 0.543. The molecule has 1 saturated heterocycles. The predicted octanol–water partition coefficient (Wildman–Crippen LogP) is 1.77. The molecular weight excluding hydrogens is 352 g/mol. The Bertz CT molecular complexity index is 1120. The van der Waals surface area contributed by atoms with Gasteiger partial charge in [-0.1, -0.05) is 12.1 Å². The van der Waals surface area contributed by atoms with Crippen LogP contribution in [0.4, 0.5) is 0 Å². The lowest BCUT2D eigenvalue weighted by Crippen LogP contribution is -2.60. The number of carbonyl (C=O) groups excluding carboxylic acids is 1. The van der Waals surface area contributed by atoms with Crippen LogP contribution in [0.15, 0.2) is 42.5 Å². The molecule has 5 atom stereocenters. The molecule has 3 aliphatic heterocycles. The number of fused-ring (bicyclic) bond motifs is 1. The number of aromatic hydroxyl groups is 1. The maximum atomic E-state index is 12.7. The van der Waals surface area contributed by atoms with E-state index in [0.29, 0.717) is 28.2 Å². The van der Waals surface area contributed by atoms with Crippen LogP contribution >= 0.6 is 0 Å². The van der Waals surface area contributed by atoms with Crippen LogP contribution in [0.2, 0.25) is 0 Å². The van der Waals surface area contributed by atoms with Crippen molar-refractivity contribution in [1.82, 2.24) is 0 Å². The first-order valence-electron chi connectivity index (χ1n) is 8.69. The number of ketones is 1. The van der Waals surface area contributed by atoms with Crippen molar-refractivity contribution >= 4 is 5.78 Å². The number of aliphatic hydroxyl groups is 1. The van der Waals surface area contributed by atoms with Crippen molar-refractivity contribution in [3.63, 3.8) is 0 Å². The highest BCUT2D eigenvalue weighted by Gasteiger charge is 2.74. The molecule has 27 heavy (non-hydrogen) atoms. The van der Waals surface area contributed by atoms with Gasteiger partial charge in [0.15, 0.2) is 18.0 Å². The van der Waals surface area contributed by atoms with Crippen LogP contribution in [0.5, 0.6) is 17.2 Å². The van der Waals surface area contributed by atoms with E-state index in [1.54, 1.807) is 36.4 Å². The van der Waals surface area contributed by atoms with Crippen molar-refractivity contribution in [2.75, 3.05) is 0 Å². The first-order valence-corrected chi connectivity index (χ1v) is 8.69. The fourth-order valence-corrected chi connectivity index (χ4v) is 4.78. The van der Waals surface area contributed by atoms with E-state index in [9.17, 15) is 15.0 Å². The number of carbonyl (C=O) groups is 1. The van der Waals surface area contributed by atoms with Crippen molar-refractivity contribution in [3.05, 3.63) is 64.7 Å². The molecule has 0 amide bonds. The Kier molecular flexibility index (Phi) is 2.11. The molecule has 2 spiro atoms. The van der Waals surface area contributed by atoms with Crippen LogP contribution in [0.1, 0.15) is 33.2 Å². The van der Waals surface area contributed by atoms with E-state index in [1.165, 1.54) is 6.07 Å². The number of phenolic OH excluding ortho intramolecular Hbond substituents is 1. The Morgan fingerprint density at radius 1 is 1.04 bits per heavy atom. The molecule has 2 bridgehead atoms. The summed E-state index contributed by atoms with van der Waals surface area (Å²) in [4.78, 5) is 12.7. The van der Waals surface area contributed by atoms with Crippen LogP contribution < -0.4 is 9.47 Å². The summed E-state index contributed by atoms with van der Waals surface area (Å²) in [5, 5.41) is 20.7. The number of ether oxygens (including phenoxy) is 4. The van der Waals surface area contributed by atoms with Crippen molar-refractivity contribution in [1.29, 1.82) is 0 Å². The van der Waals surface area contributed by atoms with Gasteiger partial charge in [-0.2, -0.15) is 0 Å². The summed E-state index contributed by atoms with van der Waals surface area (Å²) in [5.74, 6) is -2.29. The highest BCUT2D eigenvalue weighted by molar-refractivity contribution is 6.07. The van der Waals surface area contributed by atoms with Crippen LogP contribution in [0.3, 0.4) is 0 Å². The lowest BCUT2D eigenvalue weighted by Gasteiger charge is -2.53. The van der Waals surface area contributed by atoms with Gasteiger partial charge in [0.1, 0.15) is 17.2 Å². The topological polar surface area (TPSA) is 97.8 Å². The van der Waals surface area contributed by atoms with E-state index >= 15 is 0 Å². The van der Waals surface area contributed by atoms with Gasteiger partial charge in [0.25, 0.3) is 11.6 Å². The van der Waals surface area contributed by atoms with Gasteiger partial charge in [0.05, 0.1) is 22.8 Å². The van der Waals surface area contributed by atoms with Crippen molar-refractivity contribution in [2.45, 2.75) is 29.9 Å². The highest BCUT2D eigenvalue weighted by Crippen LogP contribution is 2.64. The second-order valence-corrected chi connectivity index (χ2v) is 7.34. The molecule has 0 saturated carbocycles. The summed E-state index contributed by atoms with van der Waals surface area (Å²) in [6.07, 6.45) is 1.12. The number of rotatable bonds is 0. The molecule has 2 N–H and O–H groups in total. The number of aliphatic hydroxyl groups excluding tert-OH is 1. The largest absolute Gasteiger partial charge is 0.507 e. The number of phenols is 1. The molecule has 2 aromatic rings. The molecule has 5 aliphatic rings. The summed E-state index contributed by atoms with van der Waals surface area (Å²) in [6.45, 7) is 0. The molecule has 2 aromatic carbocycles. The maximum Gasteiger partial charge on any atom is 0.275 e. The molecular formula is C20H12O7. The van der Waals surface area contributed by atoms with E-state index in [2.05, 4.69) is 0 Å². The lowest BCUT2D eigenvalue weighted by atomic mass is 9.80. The first-order chi connectivity index (χ1) is 13.0. The second-order valence-electron chi connectivity index (χ2n) is 7.34. The Labute approximate surface area is 152 Å². The van der Waals surface area contributed by atoms with E-state index in [4.69, 9.17) is 18.9 Å². The van der Waals surface area contributed by atoms with Gasteiger partial charge >= 0.3 is 0 Å². The third-order valence-corrected chi connectivity index (χ3v) is 5.91. The normalized spacial score (nSPS) is 38.1. The predicted molar refractivity (Wildman–Crippen MR) is 87.3 cm³/mol. The van der Waals surface area contributed by atoms with Gasteiger partial charge in [-0.25, -0.2) is 0 Å². The van der Waals surface area contributed by atoms with Gasteiger partial charge < -0.3 is 24.4 Å². The molecule has 0 aromatic heterocycles. The number of hydrogen-bond donors (Lipinski definition) is 2. The number of hydrogen-bond acceptors (Lipinski definition) is 7. The van der Waals surface area contributed by atoms with E-state index in [-0.39, 0.29) is 17.1 Å². The van der Waals surface area contributed by atoms with Gasteiger partial charge in [-0.05, 0) is 35.9 Å². The van der Waals surface area contributed by atoms with Crippen LogP contribution in [-0.2, 0) is 21.0 Å². The van der Waals surface area contributed by atoms with Crippen molar-refractivity contribution in [2.24, 2.45) is 0 Å². The maximum absolute atomic E-state index is 12.7. The number of benzene rings is 2. The molecule has 0 radical (unpaired) electrons. The van der Waals surface area contributed by atoms with E-state index < -0.39 is 29.9 Å². The summed E-state index contributed by atoms with van der Waals surface area (Å²) in [5.41, 5.74) is 1.69. The molecule has 134 valence electrons. The molecule has 7 heteroatoms. The van der Waals surface area contributed by atoms with Crippen LogP contribution in [0, 0.1) is 0 Å². The van der Waals surface area contributed by atoms with Crippen LogP contribution in [0.25, 0.3) is 0 Å². The molecule has 0 unspecified atom stereocenters. The van der Waals surface area contributed by atoms with Gasteiger partial charge in [-0.15, -0.1) is 0 Å². The Hall–Kier alpha value is -2.87. The van der Waals surface area contributed by atoms with Gasteiger partial charge in [0.2, 0.25) is 0 Å². The fourth-order valence-electron chi connectivity index (χ4n) is 4.78. The third-order valence-electron chi connectivity index (χ3n) is 5.91. The first kappa shape index (κ1) is 14.2. The van der Waals surface area contributed by atoms with Gasteiger partial charge in [0, 0.05) is 0 Å². The standard InChI is InChI=1S/C20H12O7/c21-9-6-7-19-14-8(9)2-1-3-11(14)26-20(27-19)15-12(25-19)5-4-10(22)13(15)16(23)17-18(20)24-17/h1-7,9,17-18,21-22H/t9-,17+,18+,19+,20-/m0/s1. The average molecular weight is 364 g/mol. The number of epoxide rings is 1. The fraction of sp³-hybridized carbons (Fsp3) is 0.250. The molecule has 7 rings (SSSR count). The minimum absolute atomic E-state index is 0.112. The zero-order valence-corrected chi connectivity index (χ0v) is 13.7. The average Bonchev–Trinajstić information content (AvgIpc) is 3.46. The molecule has 1 fully saturated rings. The summed E-state index contributed by atoms with van der Waals surface area (Å²) >= 11 is 0.